The Balaban J connectivity index is 1.72. The minimum Gasteiger partial charge on any atom is -0.395 e. The molecule has 132 valence electrons. The van der Waals surface area contributed by atoms with E-state index in [4.69, 9.17) is 5.11 Å². The second kappa shape index (κ2) is 8.09. The van der Waals surface area contributed by atoms with Crippen molar-refractivity contribution in [3.63, 3.8) is 0 Å². The van der Waals surface area contributed by atoms with Gasteiger partial charge in [-0.2, -0.15) is 0 Å². The fraction of sp³-hybridized carbons (Fsp3) is 0.368. The number of carbonyl (C=O) groups is 2. The summed E-state index contributed by atoms with van der Waals surface area (Å²) in [4.78, 5) is 26.2. The van der Waals surface area contributed by atoms with E-state index in [2.05, 4.69) is 41.0 Å². The highest BCUT2D eigenvalue weighted by Gasteiger charge is 2.31. The van der Waals surface area contributed by atoms with Crippen LogP contribution in [0.4, 0.5) is 0 Å². The van der Waals surface area contributed by atoms with Crippen LogP contribution in [0.25, 0.3) is 10.8 Å². The number of hydrogen-bond donors (Lipinski definition) is 3. The number of carbonyl (C=O) groups excluding carboxylic acids is 2. The summed E-state index contributed by atoms with van der Waals surface area (Å²) in [6.07, 6.45) is 0.0966. The first-order chi connectivity index (χ1) is 12.2. The lowest BCUT2D eigenvalue weighted by Gasteiger charge is -2.34. The maximum absolute atomic E-state index is 12.2. The molecule has 0 aromatic heterocycles. The molecule has 2 aromatic rings. The average molecular weight is 341 g/mol. The van der Waals surface area contributed by atoms with Crippen LogP contribution < -0.4 is 10.6 Å². The van der Waals surface area contributed by atoms with Crippen LogP contribution >= 0.6 is 0 Å². The van der Waals surface area contributed by atoms with Crippen LogP contribution in [0.5, 0.6) is 0 Å². The van der Waals surface area contributed by atoms with Crippen molar-refractivity contribution in [1.82, 2.24) is 15.5 Å². The van der Waals surface area contributed by atoms with E-state index in [0.717, 1.165) is 5.56 Å². The van der Waals surface area contributed by atoms with Crippen LogP contribution in [0.3, 0.4) is 0 Å². The smallest absolute Gasteiger partial charge is 0.237 e. The van der Waals surface area contributed by atoms with Crippen molar-refractivity contribution in [3.8, 4) is 0 Å². The Bertz CT molecular complexity index is 762. The van der Waals surface area contributed by atoms with Gasteiger partial charge in [0.1, 0.15) is 0 Å². The molecule has 6 nitrogen and oxygen atoms in total. The number of piperazine rings is 1. The molecule has 6 heteroatoms. The number of benzene rings is 2. The maximum Gasteiger partial charge on any atom is 0.237 e. The zero-order chi connectivity index (χ0) is 17.6. The van der Waals surface area contributed by atoms with Gasteiger partial charge in [-0.15, -0.1) is 0 Å². The van der Waals surface area contributed by atoms with Gasteiger partial charge in [0.2, 0.25) is 11.8 Å². The van der Waals surface area contributed by atoms with E-state index >= 15 is 0 Å². The second-order valence-electron chi connectivity index (χ2n) is 6.24. The van der Waals surface area contributed by atoms with Crippen molar-refractivity contribution in [1.29, 1.82) is 0 Å². The first-order valence-electron chi connectivity index (χ1n) is 8.54. The molecule has 1 heterocycles. The molecule has 1 saturated heterocycles. The van der Waals surface area contributed by atoms with Crippen LogP contribution in [-0.2, 0) is 16.1 Å². The zero-order valence-electron chi connectivity index (χ0n) is 14.1. The predicted molar refractivity (Wildman–Crippen MR) is 95.9 cm³/mol. The third-order valence-corrected chi connectivity index (χ3v) is 4.45. The number of rotatable bonds is 6. The molecule has 0 radical (unpaired) electrons. The minimum atomic E-state index is -0.487. The highest BCUT2D eigenvalue weighted by molar-refractivity contribution is 5.89. The Kier molecular flexibility index (Phi) is 5.63. The number of aliphatic hydroxyl groups is 1. The van der Waals surface area contributed by atoms with Gasteiger partial charge in [0.15, 0.2) is 0 Å². The van der Waals surface area contributed by atoms with Crippen LogP contribution in [0.1, 0.15) is 12.0 Å². The Morgan fingerprint density at radius 1 is 1.24 bits per heavy atom. The lowest BCUT2D eigenvalue weighted by Crippen LogP contribution is -2.56. The number of fused-ring (bicyclic) bond motifs is 1. The highest BCUT2D eigenvalue weighted by atomic mass is 16.3. The topological polar surface area (TPSA) is 81.7 Å². The van der Waals surface area contributed by atoms with Crippen molar-refractivity contribution in [3.05, 3.63) is 48.0 Å². The summed E-state index contributed by atoms with van der Waals surface area (Å²) >= 11 is 0. The van der Waals surface area contributed by atoms with Crippen LogP contribution in [0, 0.1) is 0 Å². The quantitative estimate of drug-likeness (QED) is 0.720. The molecule has 3 rings (SSSR count). The molecule has 2 aromatic carbocycles. The molecule has 1 fully saturated rings. The monoisotopic (exact) mass is 341 g/mol. The third kappa shape index (κ3) is 4.35. The summed E-state index contributed by atoms with van der Waals surface area (Å²) in [6, 6.07) is 14.0. The fourth-order valence-electron chi connectivity index (χ4n) is 3.19. The first-order valence-corrected chi connectivity index (χ1v) is 8.54. The average Bonchev–Trinajstić information content (AvgIpc) is 2.63. The van der Waals surface area contributed by atoms with Gasteiger partial charge in [-0.3, -0.25) is 14.5 Å². The Hall–Kier alpha value is -2.44. The molecule has 1 aliphatic rings. The van der Waals surface area contributed by atoms with E-state index in [-0.39, 0.29) is 31.4 Å². The second-order valence-corrected chi connectivity index (χ2v) is 6.24. The standard InChI is InChI=1S/C19H23N3O3/c23-10-8-20-18(24)12-17-19(25)21-7-9-22(17)13-14-5-6-15-3-1-2-4-16(15)11-14/h1-6,11,17,23H,7-10,12-13H2,(H,20,24)(H,21,25)/t17-/m1/s1. The summed E-state index contributed by atoms with van der Waals surface area (Å²) in [5, 5.41) is 16.6. The summed E-state index contributed by atoms with van der Waals surface area (Å²) in [5.74, 6) is -0.342. The first kappa shape index (κ1) is 17.4. The van der Waals surface area contributed by atoms with E-state index in [9.17, 15) is 9.59 Å². The Morgan fingerprint density at radius 2 is 2.04 bits per heavy atom. The summed E-state index contributed by atoms with van der Waals surface area (Å²) < 4.78 is 0. The van der Waals surface area contributed by atoms with Crippen LogP contribution in [-0.4, -0.2) is 54.1 Å². The van der Waals surface area contributed by atoms with Crippen molar-refractivity contribution in [2.75, 3.05) is 26.2 Å². The number of amides is 2. The molecule has 1 atom stereocenters. The predicted octanol–water partition coefficient (Wildman–Crippen LogP) is 0.639. The number of hydrogen-bond acceptors (Lipinski definition) is 4. The highest BCUT2D eigenvalue weighted by Crippen LogP contribution is 2.19. The van der Waals surface area contributed by atoms with Gasteiger partial charge in [0, 0.05) is 26.2 Å². The van der Waals surface area contributed by atoms with Gasteiger partial charge in [0.05, 0.1) is 19.1 Å². The molecule has 0 unspecified atom stereocenters. The molecule has 0 aliphatic carbocycles. The maximum atomic E-state index is 12.2. The van der Waals surface area contributed by atoms with E-state index in [0.29, 0.717) is 19.6 Å². The zero-order valence-corrected chi connectivity index (χ0v) is 14.1. The van der Waals surface area contributed by atoms with Crippen LogP contribution in [0.2, 0.25) is 0 Å². The molecule has 2 amide bonds. The lowest BCUT2D eigenvalue weighted by molar-refractivity contribution is -0.134. The van der Waals surface area contributed by atoms with Crippen molar-refractivity contribution in [2.24, 2.45) is 0 Å². The molecule has 1 aliphatic heterocycles. The molecule has 0 saturated carbocycles. The van der Waals surface area contributed by atoms with Gasteiger partial charge in [-0.1, -0.05) is 36.4 Å². The molecule has 0 spiro atoms. The van der Waals surface area contributed by atoms with Crippen molar-refractivity contribution in [2.45, 2.75) is 19.0 Å². The Labute approximate surface area is 146 Å². The van der Waals surface area contributed by atoms with Crippen molar-refractivity contribution >= 4 is 22.6 Å². The summed E-state index contributed by atoms with van der Waals surface area (Å²) in [6.45, 7) is 2.01. The lowest BCUT2D eigenvalue weighted by atomic mass is 10.0. The minimum absolute atomic E-state index is 0.0966. The van der Waals surface area contributed by atoms with E-state index in [1.54, 1.807) is 0 Å². The number of nitrogens with zero attached hydrogens (tertiary/aromatic N) is 1. The van der Waals surface area contributed by atoms with Gasteiger partial charge in [-0.25, -0.2) is 0 Å². The SMILES string of the molecule is O=C(C[C@@H]1C(=O)NCCN1Cc1ccc2ccccc2c1)NCCO. The van der Waals surface area contributed by atoms with Crippen molar-refractivity contribution < 1.29 is 14.7 Å². The number of nitrogens with one attached hydrogen (secondary N) is 2. The summed E-state index contributed by atoms with van der Waals surface area (Å²) in [7, 11) is 0. The van der Waals surface area contributed by atoms with Gasteiger partial charge in [-0.05, 0) is 22.4 Å². The number of aliphatic hydroxyl groups excluding tert-OH is 1. The normalized spacial score (nSPS) is 18.1. The fourth-order valence-corrected chi connectivity index (χ4v) is 3.19. The van der Waals surface area contributed by atoms with E-state index in [1.807, 2.05) is 17.0 Å². The molecule has 0 bridgehead atoms. The van der Waals surface area contributed by atoms with Gasteiger partial charge >= 0.3 is 0 Å². The van der Waals surface area contributed by atoms with Gasteiger partial charge < -0.3 is 15.7 Å². The molecular formula is C19H23N3O3. The van der Waals surface area contributed by atoms with E-state index < -0.39 is 6.04 Å². The molecular weight excluding hydrogens is 318 g/mol. The third-order valence-electron chi connectivity index (χ3n) is 4.45. The van der Waals surface area contributed by atoms with Gasteiger partial charge in [0.25, 0.3) is 0 Å². The largest absolute Gasteiger partial charge is 0.395 e. The summed E-state index contributed by atoms with van der Waals surface area (Å²) in [5.41, 5.74) is 1.12. The molecule has 3 N–H and O–H groups in total. The molecule has 25 heavy (non-hydrogen) atoms. The van der Waals surface area contributed by atoms with Crippen LogP contribution in [0.15, 0.2) is 42.5 Å². The van der Waals surface area contributed by atoms with E-state index in [1.165, 1.54) is 10.8 Å². The Morgan fingerprint density at radius 3 is 2.84 bits per heavy atom.